The van der Waals surface area contributed by atoms with E-state index in [9.17, 15) is 10.1 Å². The SMILES string of the molecule is CC(C)OC(=O)NN(CC1CCCC1)c1nc(C#N)nc2c1ncn2C. The number of hydrogen-bond acceptors (Lipinski definition) is 7. The van der Waals surface area contributed by atoms with Crippen molar-refractivity contribution in [1.29, 1.82) is 5.26 Å². The molecular weight excluding hydrogens is 334 g/mol. The van der Waals surface area contributed by atoms with E-state index >= 15 is 0 Å². The Kier molecular flexibility index (Phi) is 5.21. The molecule has 1 aliphatic carbocycles. The maximum Gasteiger partial charge on any atom is 0.426 e. The molecule has 0 aliphatic heterocycles. The van der Waals surface area contributed by atoms with Gasteiger partial charge < -0.3 is 9.30 Å². The van der Waals surface area contributed by atoms with E-state index in [2.05, 4.69) is 20.4 Å². The van der Waals surface area contributed by atoms with Gasteiger partial charge in [-0.3, -0.25) is 5.01 Å². The minimum atomic E-state index is -0.556. The van der Waals surface area contributed by atoms with Gasteiger partial charge >= 0.3 is 6.09 Å². The maximum atomic E-state index is 12.2. The predicted molar refractivity (Wildman–Crippen MR) is 95.1 cm³/mol. The summed E-state index contributed by atoms with van der Waals surface area (Å²) in [5.74, 6) is 0.889. The normalized spacial score (nSPS) is 14.6. The maximum absolute atomic E-state index is 12.2. The van der Waals surface area contributed by atoms with Crippen molar-refractivity contribution < 1.29 is 9.53 Å². The van der Waals surface area contributed by atoms with Crippen LogP contribution in [0.2, 0.25) is 0 Å². The summed E-state index contributed by atoms with van der Waals surface area (Å²) in [6.45, 7) is 4.16. The number of fused-ring (bicyclic) bond motifs is 1. The number of hydrogen-bond donors (Lipinski definition) is 1. The number of carbonyl (C=O) groups excluding carboxylic acids is 1. The fraction of sp³-hybridized carbons (Fsp3) is 0.588. The van der Waals surface area contributed by atoms with Crippen LogP contribution in [0.15, 0.2) is 6.33 Å². The van der Waals surface area contributed by atoms with E-state index in [0.717, 1.165) is 12.8 Å². The molecule has 2 aromatic heterocycles. The van der Waals surface area contributed by atoms with E-state index in [-0.39, 0.29) is 11.9 Å². The average Bonchev–Trinajstić information content (AvgIpc) is 3.23. The van der Waals surface area contributed by atoms with Gasteiger partial charge in [0, 0.05) is 13.6 Å². The number of ether oxygens (including phenoxy) is 1. The van der Waals surface area contributed by atoms with Crippen LogP contribution in [0.3, 0.4) is 0 Å². The molecule has 3 rings (SSSR count). The van der Waals surface area contributed by atoms with Gasteiger partial charge in [-0.15, -0.1) is 0 Å². The van der Waals surface area contributed by atoms with E-state index < -0.39 is 6.09 Å². The Bertz CT molecular complexity index is 833. The van der Waals surface area contributed by atoms with E-state index in [1.165, 1.54) is 12.8 Å². The van der Waals surface area contributed by atoms with Gasteiger partial charge in [-0.25, -0.2) is 15.2 Å². The van der Waals surface area contributed by atoms with Crippen molar-refractivity contribution in [3.63, 3.8) is 0 Å². The van der Waals surface area contributed by atoms with Crippen molar-refractivity contribution in [1.82, 2.24) is 24.9 Å². The Morgan fingerprint density at radius 1 is 1.46 bits per heavy atom. The summed E-state index contributed by atoms with van der Waals surface area (Å²) >= 11 is 0. The first-order valence-electron chi connectivity index (χ1n) is 8.82. The van der Waals surface area contributed by atoms with Crippen molar-refractivity contribution in [2.24, 2.45) is 13.0 Å². The summed E-state index contributed by atoms with van der Waals surface area (Å²) in [7, 11) is 1.80. The number of aromatic nitrogens is 4. The van der Waals surface area contributed by atoms with Crippen molar-refractivity contribution in [2.75, 3.05) is 11.6 Å². The molecule has 0 saturated heterocycles. The summed E-state index contributed by atoms with van der Waals surface area (Å²) in [4.78, 5) is 25.1. The Labute approximate surface area is 152 Å². The lowest BCUT2D eigenvalue weighted by Crippen LogP contribution is -2.46. The first kappa shape index (κ1) is 17.9. The second-order valence-corrected chi connectivity index (χ2v) is 6.84. The molecule has 0 spiro atoms. The molecule has 1 amide bonds. The largest absolute Gasteiger partial charge is 0.446 e. The van der Waals surface area contributed by atoms with E-state index in [0.29, 0.717) is 29.4 Å². The van der Waals surface area contributed by atoms with E-state index in [1.807, 2.05) is 6.07 Å². The van der Waals surface area contributed by atoms with Crippen LogP contribution in [0.1, 0.15) is 45.4 Å². The zero-order valence-corrected chi connectivity index (χ0v) is 15.3. The Hall–Kier alpha value is -2.89. The summed E-state index contributed by atoms with van der Waals surface area (Å²) < 4.78 is 6.94. The molecule has 2 aromatic rings. The molecule has 2 heterocycles. The summed E-state index contributed by atoms with van der Waals surface area (Å²) in [6.07, 6.45) is 5.38. The number of imidazole rings is 1. The van der Waals surface area contributed by atoms with Crippen LogP contribution in [-0.4, -0.2) is 38.3 Å². The van der Waals surface area contributed by atoms with Gasteiger partial charge in [-0.05, 0) is 32.6 Å². The third kappa shape index (κ3) is 3.85. The number of rotatable bonds is 5. The van der Waals surface area contributed by atoms with Crippen LogP contribution in [0.5, 0.6) is 0 Å². The molecule has 0 atom stereocenters. The fourth-order valence-electron chi connectivity index (χ4n) is 3.22. The molecule has 1 aliphatic rings. The molecule has 0 unspecified atom stereocenters. The number of amides is 1. The monoisotopic (exact) mass is 357 g/mol. The number of carbonyl (C=O) groups is 1. The minimum Gasteiger partial charge on any atom is -0.446 e. The second-order valence-electron chi connectivity index (χ2n) is 6.84. The van der Waals surface area contributed by atoms with Crippen LogP contribution in [0.25, 0.3) is 11.2 Å². The van der Waals surface area contributed by atoms with Gasteiger partial charge in [-0.2, -0.15) is 15.2 Å². The summed E-state index contributed by atoms with van der Waals surface area (Å²) in [6, 6.07) is 1.98. The predicted octanol–water partition coefficient (Wildman–Crippen LogP) is 2.28. The summed E-state index contributed by atoms with van der Waals surface area (Å²) in [5, 5.41) is 10.9. The lowest BCUT2D eigenvalue weighted by atomic mass is 10.1. The van der Waals surface area contributed by atoms with Gasteiger partial charge in [0.05, 0.1) is 12.4 Å². The quantitative estimate of drug-likeness (QED) is 0.818. The first-order chi connectivity index (χ1) is 12.5. The third-order valence-corrected chi connectivity index (χ3v) is 4.38. The minimum absolute atomic E-state index is 0.0338. The molecule has 9 heteroatoms. The standard InChI is InChI=1S/C17H23N7O2/c1-11(2)26-17(25)22-24(9-12-6-4-5-7-12)16-14-15(23(3)10-19-14)20-13(8-18)21-16/h10-12H,4-7,9H2,1-3H3,(H,22,25). The Morgan fingerprint density at radius 3 is 2.85 bits per heavy atom. The van der Waals surface area contributed by atoms with Crippen molar-refractivity contribution in [3.05, 3.63) is 12.2 Å². The molecule has 0 bridgehead atoms. The number of aryl methyl sites for hydroxylation is 1. The number of nitriles is 1. The van der Waals surface area contributed by atoms with Crippen LogP contribution in [0, 0.1) is 17.2 Å². The van der Waals surface area contributed by atoms with Crippen LogP contribution >= 0.6 is 0 Å². The Balaban J connectivity index is 1.98. The van der Waals surface area contributed by atoms with Gasteiger partial charge in [0.15, 0.2) is 17.0 Å². The van der Waals surface area contributed by atoms with Crippen molar-refractivity contribution in [2.45, 2.75) is 45.6 Å². The Morgan fingerprint density at radius 2 is 2.19 bits per heavy atom. The number of nitrogens with one attached hydrogen (secondary N) is 1. The first-order valence-corrected chi connectivity index (χ1v) is 8.82. The van der Waals surface area contributed by atoms with Gasteiger partial charge in [-0.1, -0.05) is 12.8 Å². The smallest absolute Gasteiger partial charge is 0.426 e. The lowest BCUT2D eigenvalue weighted by molar-refractivity contribution is 0.114. The van der Waals surface area contributed by atoms with E-state index in [1.54, 1.807) is 36.8 Å². The highest BCUT2D eigenvalue weighted by Crippen LogP contribution is 2.28. The molecule has 1 N–H and O–H groups in total. The topological polar surface area (TPSA) is 109 Å². The molecule has 0 aromatic carbocycles. The highest BCUT2D eigenvalue weighted by molar-refractivity contribution is 5.85. The highest BCUT2D eigenvalue weighted by Gasteiger charge is 2.25. The molecule has 0 radical (unpaired) electrons. The van der Waals surface area contributed by atoms with Gasteiger partial charge in [0.25, 0.3) is 0 Å². The molecule has 1 saturated carbocycles. The van der Waals surface area contributed by atoms with Crippen molar-refractivity contribution in [3.8, 4) is 6.07 Å². The molecule has 9 nitrogen and oxygen atoms in total. The molecule has 26 heavy (non-hydrogen) atoms. The number of hydrazine groups is 1. The van der Waals surface area contributed by atoms with Gasteiger partial charge in [0.1, 0.15) is 6.07 Å². The zero-order chi connectivity index (χ0) is 18.7. The number of nitrogens with zero attached hydrogens (tertiary/aromatic N) is 6. The molecule has 138 valence electrons. The van der Waals surface area contributed by atoms with E-state index in [4.69, 9.17) is 4.74 Å². The van der Waals surface area contributed by atoms with Crippen LogP contribution in [-0.2, 0) is 11.8 Å². The summed E-state index contributed by atoms with van der Waals surface area (Å²) in [5.41, 5.74) is 3.85. The van der Waals surface area contributed by atoms with Gasteiger partial charge in [0.2, 0.25) is 5.82 Å². The number of anilines is 1. The fourth-order valence-corrected chi connectivity index (χ4v) is 3.22. The molecule has 1 fully saturated rings. The molecular formula is C17H23N7O2. The van der Waals surface area contributed by atoms with Crippen LogP contribution < -0.4 is 10.4 Å². The third-order valence-electron chi connectivity index (χ3n) is 4.38. The van der Waals surface area contributed by atoms with Crippen LogP contribution in [0.4, 0.5) is 10.6 Å². The van der Waals surface area contributed by atoms with Crippen molar-refractivity contribution >= 4 is 23.1 Å². The second kappa shape index (κ2) is 7.56. The average molecular weight is 357 g/mol. The lowest BCUT2D eigenvalue weighted by Gasteiger charge is -2.27. The highest BCUT2D eigenvalue weighted by atomic mass is 16.6. The zero-order valence-electron chi connectivity index (χ0n) is 15.3.